The normalized spacial score (nSPS) is 13.5. The number of carbonyl (C=O) groups excluding carboxylic acids is 4. The van der Waals surface area contributed by atoms with Crippen LogP contribution in [0.2, 0.25) is 0 Å². The fourth-order valence-corrected chi connectivity index (χ4v) is 4.39. The number of aromatic nitrogens is 3. The summed E-state index contributed by atoms with van der Waals surface area (Å²) < 4.78 is 32.8. The van der Waals surface area contributed by atoms with Crippen molar-refractivity contribution < 1.29 is 56.9 Å². The van der Waals surface area contributed by atoms with Gasteiger partial charge in [0, 0.05) is 5.56 Å². The maximum atomic E-state index is 13.1. The molecule has 4 aromatic rings. The molecule has 0 aliphatic rings. The molecular weight excluding hydrogens is 684 g/mol. The van der Waals surface area contributed by atoms with Crippen molar-refractivity contribution in [1.29, 1.82) is 0 Å². The first-order valence-corrected chi connectivity index (χ1v) is 16.0. The first-order chi connectivity index (χ1) is 24.5. The van der Waals surface area contributed by atoms with Gasteiger partial charge in [-0.25, -0.2) is 24.5 Å². The molecule has 0 aliphatic heterocycles. The number of rotatable bonds is 14. The molecule has 280 valence electrons. The van der Waals surface area contributed by atoms with Gasteiger partial charge in [-0.05, 0) is 41.5 Å². The summed E-state index contributed by atoms with van der Waals surface area (Å²) >= 11 is 0. The summed E-state index contributed by atoms with van der Waals surface area (Å²) in [5, 5.41) is 27.5. The summed E-state index contributed by atoms with van der Waals surface area (Å²) in [7, 11) is 1.17. The van der Waals surface area contributed by atoms with E-state index in [-0.39, 0.29) is 47.1 Å². The number of carbonyl (C=O) groups is 4. The van der Waals surface area contributed by atoms with Crippen molar-refractivity contribution in [1.82, 2.24) is 30.9 Å². The Balaban J connectivity index is 1.45. The van der Waals surface area contributed by atoms with E-state index in [1.807, 2.05) is 20.8 Å². The third-order valence-corrected chi connectivity index (χ3v) is 6.81. The van der Waals surface area contributed by atoms with Gasteiger partial charge in [-0.3, -0.25) is 9.59 Å². The molecule has 1 aromatic carbocycles. The van der Waals surface area contributed by atoms with E-state index in [2.05, 4.69) is 30.9 Å². The van der Waals surface area contributed by atoms with Gasteiger partial charge in [0.05, 0.1) is 32.5 Å². The quantitative estimate of drug-likeness (QED) is 0.117. The van der Waals surface area contributed by atoms with Crippen LogP contribution in [0.4, 0.5) is 4.79 Å². The van der Waals surface area contributed by atoms with Gasteiger partial charge in [-0.2, -0.15) is 0 Å². The minimum absolute atomic E-state index is 0.0136. The largest absolute Gasteiger partial charge is 0.464 e. The molecule has 0 radical (unpaired) electrons. The summed E-state index contributed by atoms with van der Waals surface area (Å²) in [6.45, 7) is 9.11. The molecule has 3 aromatic heterocycles. The number of amides is 3. The Kier molecular flexibility index (Phi) is 12.5. The zero-order valence-corrected chi connectivity index (χ0v) is 29.7. The smallest absolute Gasteiger partial charge is 0.408 e. The van der Waals surface area contributed by atoms with E-state index >= 15 is 0 Å². The minimum atomic E-state index is -1.52. The number of esters is 1. The number of benzene rings is 1. The Morgan fingerprint density at radius 1 is 0.827 bits per heavy atom. The van der Waals surface area contributed by atoms with E-state index in [4.69, 9.17) is 27.5 Å². The van der Waals surface area contributed by atoms with Gasteiger partial charge < -0.3 is 53.6 Å². The molecule has 3 atom stereocenters. The van der Waals surface area contributed by atoms with Crippen LogP contribution < -0.4 is 16.0 Å². The lowest BCUT2D eigenvalue weighted by Gasteiger charge is -2.25. The van der Waals surface area contributed by atoms with Crippen molar-refractivity contribution in [3.8, 4) is 22.9 Å². The van der Waals surface area contributed by atoms with E-state index in [9.17, 15) is 29.4 Å². The molecule has 0 aliphatic carbocycles. The summed E-state index contributed by atoms with van der Waals surface area (Å²) in [5.41, 5.74) is -1.19. The third-order valence-electron chi connectivity index (χ3n) is 6.81. The van der Waals surface area contributed by atoms with Crippen molar-refractivity contribution in [3.05, 3.63) is 66.0 Å². The third kappa shape index (κ3) is 10.5. The molecule has 52 heavy (non-hydrogen) atoms. The van der Waals surface area contributed by atoms with Crippen LogP contribution in [-0.2, 0) is 19.0 Å². The second-order valence-corrected chi connectivity index (χ2v) is 13.3. The summed E-state index contributed by atoms with van der Waals surface area (Å²) in [6.07, 6.45) is 1.49. The Labute approximate surface area is 298 Å². The molecule has 4 rings (SSSR count). The minimum Gasteiger partial charge on any atom is -0.464 e. The SMILES string of the molecule is COC(=O)c1nc(C(CO)NC(=O)[C@H](CO)NC(=O)c2coc(-c3coc(C(COC(C)(C)C)NC(=O)OC(C)(C)C)n3)n2)oc1-c1ccccc1. The lowest BCUT2D eigenvalue weighted by molar-refractivity contribution is -0.125. The van der Waals surface area contributed by atoms with Crippen LogP contribution in [0.15, 0.2) is 56.1 Å². The number of nitrogens with zero attached hydrogens (tertiary/aromatic N) is 3. The zero-order chi connectivity index (χ0) is 38.2. The van der Waals surface area contributed by atoms with Crippen LogP contribution in [-0.4, -0.2) is 93.2 Å². The average molecular weight is 727 g/mol. The maximum Gasteiger partial charge on any atom is 0.408 e. The van der Waals surface area contributed by atoms with Gasteiger partial charge in [0.25, 0.3) is 5.91 Å². The molecule has 18 nitrogen and oxygen atoms in total. The first kappa shape index (κ1) is 39.2. The Bertz CT molecular complexity index is 1840. The molecule has 0 spiro atoms. The number of hydrogen-bond donors (Lipinski definition) is 5. The highest BCUT2D eigenvalue weighted by molar-refractivity contribution is 5.96. The lowest BCUT2D eigenvalue weighted by atomic mass is 10.1. The van der Waals surface area contributed by atoms with Gasteiger partial charge in [0.2, 0.25) is 23.6 Å². The van der Waals surface area contributed by atoms with Crippen molar-refractivity contribution >= 4 is 23.9 Å². The lowest BCUT2D eigenvalue weighted by Crippen LogP contribution is -2.50. The molecule has 0 saturated heterocycles. The molecule has 18 heteroatoms. The Morgan fingerprint density at radius 2 is 1.54 bits per heavy atom. The molecule has 3 amide bonds. The second kappa shape index (κ2) is 16.6. The van der Waals surface area contributed by atoms with E-state index in [0.717, 1.165) is 6.26 Å². The molecule has 0 saturated carbocycles. The highest BCUT2D eigenvalue weighted by Crippen LogP contribution is 2.28. The first-order valence-electron chi connectivity index (χ1n) is 16.0. The maximum absolute atomic E-state index is 13.1. The Hall–Kier alpha value is -5.59. The van der Waals surface area contributed by atoms with E-state index in [1.165, 1.54) is 13.4 Å². The Morgan fingerprint density at radius 3 is 2.15 bits per heavy atom. The second-order valence-electron chi connectivity index (χ2n) is 13.3. The van der Waals surface area contributed by atoms with Crippen LogP contribution >= 0.6 is 0 Å². The van der Waals surface area contributed by atoms with Crippen molar-refractivity contribution in [3.63, 3.8) is 0 Å². The van der Waals surface area contributed by atoms with Crippen LogP contribution in [0.3, 0.4) is 0 Å². The number of hydrogen-bond acceptors (Lipinski definition) is 15. The zero-order valence-electron chi connectivity index (χ0n) is 29.7. The fourth-order valence-electron chi connectivity index (χ4n) is 4.39. The van der Waals surface area contributed by atoms with Gasteiger partial charge >= 0.3 is 12.1 Å². The summed E-state index contributed by atoms with van der Waals surface area (Å²) in [5.74, 6) is -2.87. The predicted octanol–water partition coefficient (Wildman–Crippen LogP) is 3.09. The molecular formula is C34H42N6O12. The summed E-state index contributed by atoms with van der Waals surface area (Å²) in [4.78, 5) is 63.7. The van der Waals surface area contributed by atoms with Crippen LogP contribution in [0.5, 0.6) is 0 Å². The molecule has 2 unspecified atom stereocenters. The van der Waals surface area contributed by atoms with Crippen molar-refractivity contribution in [2.24, 2.45) is 0 Å². The van der Waals surface area contributed by atoms with Crippen LogP contribution in [0.1, 0.15) is 86.4 Å². The number of aliphatic hydroxyl groups excluding tert-OH is 2. The number of aliphatic hydroxyl groups is 2. The van der Waals surface area contributed by atoms with Gasteiger partial charge in [-0.15, -0.1) is 0 Å². The van der Waals surface area contributed by atoms with Crippen molar-refractivity contribution in [2.45, 2.75) is 70.9 Å². The number of nitrogens with one attached hydrogen (secondary N) is 3. The molecule has 0 bridgehead atoms. The van der Waals surface area contributed by atoms with E-state index < -0.39 is 66.4 Å². The molecule has 0 fully saturated rings. The fraction of sp³-hybridized carbons (Fsp3) is 0.441. The van der Waals surface area contributed by atoms with E-state index in [1.54, 1.807) is 51.1 Å². The monoisotopic (exact) mass is 726 g/mol. The highest BCUT2D eigenvalue weighted by atomic mass is 16.6. The highest BCUT2D eigenvalue weighted by Gasteiger charge is 2.31. The number of methoxy groups -OCH3 is 1. The standard InChI is InChI=1S/C34H42N6O12/c1-33(2,3)50-17-23(39-32(46)52-34(4,5)6)29-38-22(16-49-29)28-37-21(15-48-28)27(44)35-19(13-41)26(43)36-20(14-42)30-40-24(31(45)47-7)25(51-30)18-11-9-8-10-12-18/h8-12,15-16,19-20,23,41-42H,13-14,17H2,1-7H3,(H,35,44)(H,36,43)(H,39,46)/t19-,20?,23?/m0/s1. The van der Waals surface area contributed by atoms with Crippen molar-refractivity contribution in [2.75, 3.05) is 26.9 Å². The van der Waals surface area contributed by atoms with Crippen LogP contribution in [0, 0.1) is 0 Å². The molecule has 3 heterocycles. The van der Waals surface area contributed by atoms with Gasteiger partial charge in [0.1, 0.15) is 36.3 Å². The topological polar surface area (TPSA) is 251 Å². The van der Waals surface area contributed by atoms with Crippen LogP contribution in [0.25, 0.3) is 22.9 Å². The predicted molar refractivity (Wildman–Crippen MR) is 179 cm³/mol. The van der Waals surface area contributed by atoms with E-state index in [0.29, 0.717) is 5.56 Å². The van der Waals surface area contributed by atoms with Gasteiger partial charge in [0.15, 0.2) is 22.8 Å². The summed E-state index contributed by atoms with van der Waals surface area (Å²) in [6, 6.07) is 4.87. The average Bonchev–Trinajstić information content (AvgIpc) is 3.87. The number of alkyl carbamates (subject to hydrolysis) is 1. The number of oxazole rings is 3. The number of ether oxygens (including phenoxy) is 3. The molecule has 5 N–H and O–H groups in total. The van der Waals surface area contributed by atoms with Gasteiger partial charge in [-0.1, -0.05) is 30.3 Å².